The van der Waals surface area contributed by atoms with Gasteiger partial charge in [-0.1, -0.05) is 24.9 Å². The summed E-state index contributed by atoms with van der Waals surface area (Å²) >= 11 is 5.42. The Labute approximate surface area is 84.9 Å². The van der Waals surface area contributed by atoms with E-state index in [0.717, 1.165) is 0 Å². The van der Waals surface area contributed by atoms with Gasteiger partial charge in [0.25, 0.3) is 0 Å². The van der Waals surface area contributed by atoms with Crippen molar-refractivity contribution in [3.05, 3.63) is 28.5 Å². The maximum absolute atomic E-state index is 12.5. The number of halogens is 4. The van der Waals surface area contributed by atoms with Crippen molar-refractivity contribution in [1.29, 1.82) is 0 Å². The number of aryl methyl sites for hydroxylation is 1. The van der Waals surface area contributed by atoms with E-state index in [1.807, 2.05) is 6.92 Å². The van der Waals surface area contributed by atoms with Gasteiger partial charge in [-0.3, -0.25) is 0 Å². The van der Waals surface area contributed by atoms with E-state index in [0.29, 0.717) is 12.8 Å². The summed E-state index contributed by atoms with van der Waals surface area (Å²) in [6.07, 6.45) is -2.13. The third-order valence-corrected chi connectivity index (χ3v) is 2.08. The molecule has 0 bridgehead atoms. The summed E-state index contributed by atoms with van der Waals surface area (Å²) in [5.74, 6) is 0. The summed E-state index contributed by atoms with van der Waals surface area (Å²) in [6.45, 7) is 1.81. The van der Waals surface area contributed by atoms with Gasteiger partial charge in [0, 0.05) is 6.20 Å². The maximum Gasteiger partial charge on any atom is 0.419 e. The van der Waals surface area contributed by atoms with Crippen LogP contribution in [0.15, 0.2) is 12.3 Å². The van der Waals surface area contributed by atoms with Crippen LogP contribution in [0.3, 0.4) is 0 Å². The first-order valence-electron chi connectivity index (χ1n) is 4.17. The van der Waals surface area contributed by atoms with Crippen LogP contribution in [-0.4, -0.2) is 4.98 Å². The largest absolute Gasteiger partial charge is 0.419 e. The Morgan fingerprint density at radius 1 is 1.43 bits per heavy atom. The number of hydrogen-bond acceptors (Lipinski definition) is 1. The van der Waals surface area contributed by atoms with Crippen LogP contribution >= 0.6 is 11.6 Å². The summed E-state index contributed by atoms with van der Waals surface area (Å²) in [4.78, 5) is 3.43. The lowest BCUT2D eigenvalue weighted by Crippen LogP contribution is -2.11. The zero-order valence-electron chi connectivity index (χ0n) is 7.53. The van der Waals surface area contributed by atoms with Gasteiger partial charge in [-0.05, 0) is 18.1 Å². The first-order valence-corrected chi connectivity index (χ1v) is 4.55. The summed E-state index contributed by atoms with van der Waals surface area (Å²) in [6, 6.07) is 1.36. The number of nitrogens with zero attached hydrogens (tertiary/aromatic N) is 1. The molecular formula is C9H9ClF3N. The normalized spacial score (nSPS) is 11.8. The molecule has 1 aromatic rings. The second-order valence-electron chi connectivity index (χ2n) is 2.88. The summed E-state index contributed by atoms with van der Waals surface area (Å²) in [7, 11) is 0. The van der Waals surface area contributed by atoms with Crippen molar-refractivity contribution < 1.29 is 13.2 Å². The number of alkyl halides is 3. The van der Waals surface area contributed by atoms with Crippen molar-refractivity contribution in [3.8, 4) is 0 Å². The van der Waals surface area contributed by atoms with E-state index < -0.39 is 16.9 Å². The zero-order chi connectivity index (χ0) is 10.8. The van der Waals surface area contributed by atoms with Gasteiger partial charge in [-0.2, -0.15) is 13.2 Å². The van der Waals surface area contributed by atoms with Crippen LogP contribution in [-0.2, 0) is 12.6 Å². The van der Waals surface area contributed by atoms with Crippen molar-refractivity contribution >= 4 is 11.6 Å². The number of aromatic nitrogens is 1. The molecule has 0 aliphatic heterocycles. The van der Waals surface area contributed by atoms with Gasteiger partial charge in [0.2, 0.25) is 0 Å². The average molecular weight is 224 g/mol. The SMILES string of the molecule is CCCc1ccnc(Cl)c1C(F)(F)F. The first kappa shape index (κ1) is 11.3. The highest BCUT2D eigenvalue weighted by molar-refractivity contribution is 6.30. The Kier molecular flexibility index (Phi) is 3.37. The van der Waals surface area contributed by atoms with E-state index in [9.17, 15) is 13.2 Å². The molecule has 0 aromatic carbocycles. The smallest absolute Gasteiger partial charge is 0.244 e. The minimum Gasteiger partial charge on any atom is -0.244 e. The lowest BCUT2D eigenvalue weighted by molar-refractivity contribution is -0.138. The van der Waals surface area contributed by atoms with Crippen molar-refractivity contribution in [3.63, 3.8) is 0 Å². The van der Waals surface area contributed by atoms with Crippen molar-refractivity contribution in [2.45, 2.75) is 25.9 Å². The Morgan fingerprint density at radius 3 is 2.57 bits per heavy atom. The number of rotatable bonds is 2. The maximum atomic E-state index is 12.5. The van der Waals surface area contributed by atoms with E-state index in [-0.39, 0.29) is 5.56 Å². The molecule has 0 unspecified atom stereocenters. The van der Waals surface area contributed by atoms with E-state index in [2.05, 4.69) is 4.98 Å². The van der Waals surface area contributed by atoms with Gasteiger partial charge in [0.15, 0.2) is 0 Å². The molecule has 1 rings (SSSR count). The molecule has 1 aromatic heterocycles. The van der Waals surface area contributed by atoms with Crippen molar-refractivity contribution in [2.75, 3.05) is 0 Å². The minimum absolute atomic E-state index is 0.208. The van der Waals surface area contributed by atoms with Crippen LogP contribution < -0.4 is 0 Å². The lowest BCUT2D eigenvalue weighted by atomic mass is 10.1. The molecule has 0 atom stereocenters. The molecule has 0 spiro atoms. The number of pyridine rings is 1. The highest BCUT2D eigenvalue weighted by atomic mass is 35.5. The van der Waals surface area contributed by atoms with Gasteiger partial charge in [0.1, 0.15) is 5.15 Å². The second-order valence-corrected chi connectivity index (χ2v) is 3.24. The molecule has 0 radical (unpaired) electrons. The predicted molar refractivity (Wildman–Crippen MR) is 48.2 cm³/mol. The Bertz CT molecular complexity index is 322. The molecule has 0 fully saturated rings. The summed E-state index contributed by atoms with van der Waals surface area (Å²) < 4.78 is 37.5. The molecule has 78 valence electrons. The quantitative estimate of drug-likeness (QED) is 0.697. The van der Waals surface area contributed by atoms with E-state index >= 15 is 0 Å². The summed E-state index contributed by atoms with van der Waals surface area (Å²) in [5, 5.41) is -0.469. The highest BCUT2D eigenvalue weighted by Crippen LogP contribution is 2.36. The third-order valence-electron chi connectivity index (χ3n) is 1.79. The predicted octanol–water partition coefficient (Wildman–Crippen LogP) is 3.71. The fourth-order valence-corrected chi connectivity index (χ4v) is 1.53. The Balaban J connectivity index is 3.22. The van der Waals surface area contributed by atoms with Gasteiger partial charge < -0.3 is 0 Å². The molecule has 14 heavy (non-hydrogen) atoms. The van der Waals surface area contributed by atoms with E-state index in [4.69, 9.17) is 11.6 Å². The van der Waals surface area contributed by atoms with Gasteiger partial charge in [0.05, 0.1) is 5.56 Å². The molecule has 1 nitrogen and oxygen atoms in total. The minimum atomic E-state index is -4.42. The average Bonchev–Trinajstić information content (AvgIpc) is 2.02. The van der Waals surface area contributed by atoms with Crippen LogP contribution in [0.25, 0.3) is 0 Å². The lowest BCUT2D eigenvalue weighted by Gasteiger charge is -2.12. The molecule has 0 amide bonds. The van der Waals surface area contributed by atoms with Crippen LogP contribution in [0.5, 0.6) is 0 Å². The standard InChI is InChI=1S/C9H9ClF3N/c1-2-3-6-4-5-14-8(10)7(6)9(11,12)13/h4-5H,2-3H2,1H3. The van der Waals surface area contributed by atoms with Gasteiger partial charge >= 0.3 is 6.18 Å². The zero-order valence-corrected chi connectivity index (χ0v) is 8.28. The molecule has 0 aliphatic carbocycles. The molecule has 0 N–H and O–H groups in total. The molecule has 0 aliphatic rings. The van der Waals surface area contributed by atoms with Crippen LogP contribution in [0.1, 0.15) is 24.5 Å². The van der Waals surface area contributed by atoms with Crippen LogP contribution in [0.4, 0.5) is 13.2 Å². The van der Waals surface area contributed by atoms with Gasteiger partial charge in [-0.15, -0.1) is 0 Å². The fourth-order valence-electron chi connectivity index (χ4n) is 1.25. The first-order chi connectivity index (χ1) is 6.46. The van der Waals surface area contributed by atoms with Crippen LogP contribution in [0.2, 0.25) is 5.15 Å². The molecular weight excluding hydrogens is 215 g/mol. The van der Waals surface area contributed by atoms with Crippen molar-refractivity contribution in [2.24, 2.45) is 0 Å². The topological polar surface area (TPSA) is 12.9 Å². The molecule has 0 saturated heterocycles. The molecule has 5 heteroatoms. The monoisotopic (exact) mass is 223 g/mol. The van der Waals surface area contributed by atoms with E-state index in [1.54, 1.807) is 0 Å². The number of hydrogen-bond donors (Lipinski definition) is 0. The summed E-state index contributed by atoms with van der Waals surface area (Å²) in [5.41, 5.74) is -0.594. The molecule has 0 saturated carbocycles. The Morgan fingerprint density at radius 2 is 2.07 bits per heavy atom. The fraction of sp³-hybridized carbons (Fsp3) is 0.444. The Hall–Kier alpha value is -0.770. The van der Waals surface area contributed by atoms with E-state index in [1.165, 1.54) is 12.3 Å². The van der Waals surface area contributed by atoms with Crippen molar-refractivity contribution in [1.82, 2.24) is 4.98 Å². The third kappa shape index (κ3) is 2.38. The molecule has 1 heterocycles. The highest BCUT2D eigenvalue weighted by Gasteiger charge is 2.36. The van der Waals surface area contributed by atoms with Gasteiger partial charge in [-0.25, -0.2) is 4.98 Å². The van der Waals surface area contributed by atoms with Crippen LogP contribution in [0, 0.1) is 0 Å². The second kappa shape index (κ2) is 4.17.